The van der Waals surface area contributed by atoms with Crippen molar-refractivity contribution in [3.63, 3.8) is 0 Å². The number of hydrogen-bond donors (Lipinski definition) is 3. The van der Waals surface area contributed by atoms with Gasteiger partial charge in [0, 0.05) is 34.0 Å². The van der Waals surface area contributed by atoms with Crippen LogP contribution in [0.2, 0.25) is 0 Å². The van der Waals surface area contributed by atoms with Gasteiger partial charge < -0.3 is 15.7 Å². The number of aryl methyl sites for hydroxylation is 2. The fraction of sp³-hybridized carbons (Fsp3) is 0.0909. The molecule has 0 aliphatic heterocycles. The molecule has 0 saturated heterocycles. The number of aromatic hydroxyl groups is 1. The van der Waals surface area contributed by atoms with E-state index in [-0.39, 0.29) is 11.7 Å². The topological polar surface area (TPSA) is 100 Å². The van der Waals surface area contributed by atoms with E-state index in [0.717, 1.165) is 27.8 Å². The molecular weight excluding hydrogens is 398 g/mol. The molecule has 8 heteroatoms. The summed E-state index contributed by atoms with van der Waals surface area (Å²) < 4.78 is 0. The Morgan fingerprint density at radius 2 is 1.80 bits per heavy atom. The minimum absolute atomic E-state index is 0.205. The first-order chi connectivity index (χ1) is 14.5. The zero-order chi connectivity index (χ0) is 21.1. The lowest BCUT2D eigenvalue weighted by Gasteiger charge is -2.07. The number of amides is 1. The number of anilines is 3. The first kappa shape index (κ1) is 19.5. The van der Waals surface area contributed by atoms with E-state index in [4.69, 9.17) is 0 Å². The lowest BCUT2D eigenvalue weighted by atomic mass is 10.2. The van der Waals surface area contributed by atoms with Crippen molar-refractivity contribution < 1.29 is 9.90 Å². The van der Waals surface area contributed by atoms with Gasteiger partial charge in [-0.2, -0.15) is 0 Å². The Balaban J connectivity index is 1.43. The van der Waals surface area contributed by atoms with Gasteiger partial charge in [-0.3, -0.25) is 4.79 Å². The number of nitrogens with one attached hydrogen (secondary N) is 2. The predicted octanol–water partition coefficient (Wildman–Crippen LogP) is 4.92. The summed E-state index contributed by atoms with van der Waals surface area (Å²) in [6, 6.07) is 15.8. The fourth-order valence-corrected chi connectivity index (χ4v) is 3.67. The molecule has 2 aromatic heterocycles. The van der Waals surface area contributed by atoms with Crippen LogP contribution in [-0.4, -0.2) is 26.0 Å². The third-order valence-electron chi connectivity index (χ3n) is 4.25. The minimum Gasteiger partial charge on any atom is -0.508 e. The molecule has 0 bridgehead atoms. The molecule has 1 amide bonds. The minimum atomic E-state index is -0.237. The van der Waals surface area contributed by atoms with Crippen LogP contribution >= 0.6 is 11.3 Å². The number of carbonyl (C=O) groups is 1. The Morgan fingerprint density at radius 3 is 2.53 bits per heavy atom. The van der Waals surface area contributed by atoms with Crippen LogP contribution in [0.4, 0.5) is 16.6 Å². The molecule has 30 heavy (non-hydrogen) atoms. The van der Waals surface area contributed by atoms with Crippen molar-refractivity contribution in [3.8, 4) is 17.0 Å². The fourth-order valence-electron chi connectivity index (χ4n) is 2.93. The van der Waals surface area contributed by atoms with Crippen molar-refractivity contribution in [3.05, 3.63) is 77.1 Å². The molecule has 2 heterocycles. The van der Waals surface area contributed by atoms with Crippen molar-refractivity contribution in [2.24, 2.45) is 0 Å². The summed E-state index contributed by atoms with van der Waals surface area (Å²) in [4.78, 5) is 25.5. The standard InChI is InChI=1S/C22H19N5O2S/c1-13-10-20(24-14(2)23-13)27-21(29)15-6-8-17(9-7-15)25-22-26-19(12-30-22)16-4-3-5-18(28)11-16/h3-12,28H,1-2H3,(H,25,26)(H,23,24,27,29). The van der Waals surface area contributed by atoms with Crippen LogP contribution in [0.15, 0.2) is 60.0 Å². The van der Waals surface area contributed by atoms with E-state index in [0.29, 0.717) is 17.2 Å². The summed E-state index contributed by atoms with van der Waals surface area (Å²) in [6.45, 7) is 3.64. The van der Waals surface area contributed by atoms with Gasteiger partial charge in [0.15, 0.2) is 5.13 Å². The van der Waals surface area contributed by atoms with Crippen LogP contribution in [0.5, 0.6) is 5.75 Å². The maximum absolute atomic E-state index is 12.5. The normalized spacial score (nSPS) is 10.6. The molecule has 0 aliphatic rings. The molecule has 0 saturated carbocycles. The molecule has 0 spiro atoms. The number of phenols is 1. The van der Waals surface area contributed by atoms with E-state index in [1.807, 2.05) is 30.5 Å². The Morgan fingerprint density at radius 1 is 1.00 bits per heavy atom. The SMILES string of the molecule is Cc1cc(NC(=O)c2ccc(Nc3nc(-c4cccc(O)c4)cs3)cc2)nc(C)n1. The molecule has 150 valence electrons. The van der Waals surface area contributed by atoms with Gasteiger partial charge in [-0.05, 0) is 50.2 Å². The molecular formula is C22H19N5O2S. The Bertz CT molecular complexity index is 1180. The van der Waals surface area contributed by atoms with E-state index in [2.05, 4.69) is 25.6 Å². The average molecular weight is 417 g/mol. The highest BCUT2D eigenvalue weighted by Crippen LogP contribution is 2.28. The largest absolute Gasteiger partial charge is 0.508 e. The summed E-state index contributed by atoms with van der Waals surface area (Å²) in [6.07, 6.45) is 0. The summed E-state index contributed by atoms with van der Waals surface area (Å²) in [5.41, 5.74) is 3.77. The van der Waals surface area contributed by atoms with Gasteiger partial charge in [-0.1, -0.05) is 12.1 Å². The number of aromatic nitrogens is 3. The number of benzene rings is 2. The van der Waals surface area contributed by atoms with E-state index in [1.54, 1.807) is 43.3 Å². The molecule has 0 aliphatic carbocycles. The first-order valence-corrected chi connectivity index (χ1v) is 10.1. The molecule has 0 unspecified atom stereocenters. The van der Waals surface area contributed by atoms with Gasteiger partial charge in [0.05, 0.1) is 5.69 Å². The highest BCUT2D eigenvalue weighted by molar-refractivity contribution is 7.14. The van der Waals surface area contributed by atoms with E-state index in [1.165, 1.54) is 11.3 Å². The van der Waals surface area contributed by atoms with Crippen LogP contribution in [0.3, 0.4) is 0 Å². The van der Waals surface area contributed by atoms with Crippen molar-refractivity contribution in [1.29, 1.82) is 0 Å². The maximum Gasteiger partial charge on any atom is 0.256 e. The van der Waals surface area contributed by atoms with E-state index >= 15 is 0 Å². The smallest absolute Gasteiger partial charge is 0.256 e. The Hall–Kier alpha value is -3.78. The van der Waals surface area contributed by atoms with Gasteiger partial charge in [-0.15, -0.1) is 11.3 Å². The summed E-state index contributed by atoms with van der Waals surface area (Å²) in [5.74, 6) is 1.06. The van der Waals surface area contributed by atoms with Crippen molar-refractivity contribution in [2.75, 3.05) is 10.6 Å². The molecule has 0 fully saturated rings. The Labute approximate surface area is 177 Å². The number of carbonyl (C=O) groups excluding carboxylic acids is 1. The van der Waals surface area contributed by atoms with Gasteiger partial charge in [0.1, 0.15) is 17.4 Å². The van der Waals surface area contributed by atoms with Crippen LogP contribution in [0.1, 0.15) is 21.9 Å². The summed E-state index contributed by atoms with van der Waals surface area (Å²) in [5, 5.41) is 18.3. The van der Waals surface area contributed by atoms with Gasteiger partial charge in [0.25, 0.3) is 5.91 Å². The van der Waals surface area contributed by atoms with Crippen molar-refractivity contribution in [1.82, 2.24) is 15.0 Å². The average Bonchev–Trinajstić information content (AvgIpc) is 3.16. The molecule has 2 aromatic carbocycles. The number of thiazole rings is 1. The molecule has 4 rings (SSSR count). The number of nitrogens with zero attached hydrogens (tertiary/aromatic N) is 3. The second kappa shape index (κ2) is 8.30. The number of phenolic OH excluding ortho intramolecular Hbond substituents is 1. The van der Waals surface area contributed by atoms with E-state index in [9.17, 15) is 9.90 Å². The summed E-state index contributed by atoms with van der Waals surface area (Å²) >= 11 is 1.46. The predicted molar refractivity (Wildman–Crippen MR) is 118 cm³/mol. The zero-order valence-corrected chi connectivity index (χ0v) is 17.2. The summed E-state index contributed by atoms with van der Waals surface area (Å²) in [7, 11) is 0. The highest BCUT2D eigenvalue weighted by atomic mass is 32.1. The molecule has 3 N–H and O–H groups in total. The molecule has 0 atom stereocenters. The Kier molecular flexibility index (Phi) is 5.40. The number of rotatable bonds is 5. The van der Waals surface area contributed by atoms with Crippen LogP contribution in [0, 0.1) is 13.8 Å². The maximum atomic E-state index is 12.5. The third-order valence-corrected chi connectivity index (χ3v) is 5.01. The van der Waals surface area contributed by atoms with E-state index < -0.39 is 0 Å². The van der Waals surface area contributed by atoms with Crippen LogP contribution in [-0.2, 0) is 0 Å². The van der Waals surface area contributed by atoms with Crippen molar-refractivity contribution in [2.45, 2.75) is 13.8 Å². The van der Waals surface area contributed by atoms with Crippen LogP contribution in [0.25, 0.3) is 11.3 Å². The molecule has 4 aromatic rings. The highest BCUT2D eigenvalue weighted by Gasteiger charge is 2.09. The quantitative estimate of drug-likeness (QED) is 0.426. The van der Waals surface area contributed by atoms with Crippen LogP contribution < -0.4 is 10.6 Å². The van der Waals surface area contributed by atoms with Gasteiger partial charge >= 0.3 is 0 Å². The second-order valence-electron chi connectivity index (χ2n) is 6.69. The lowest BCUT2D eigenvalue weighted by Crippen LogP contribution is -2.13. The van der Waals surface area contributed by atoms with Crippen molar-refractivity contribution >= 4 is 33.9 Å². The van der Waals surface area contributed by atoms with Gasteiger partial charge in [0.2, 0.25) is 0 Å². The zero-order valence-electron chi connectivity index (χ0n) is 16.4. The van der Waals surface area contributed by atoms with Gasteiger partial charge in [-0.25, -0.2) is 15.0 Å². The molecule has 7 nitrogen and oxygen atoms in total. The number of hydrogen-bond acceptors (Lipinski definition) is 7. The lowest BCUT2D eigenvalue weighted by molar-refractivity contribution is 0.102. The monoisotopic (exact) mass is 417 g/mol. The molecule has 0 radical (unpaired) electrons. The first-order valence-electron chi connectivity index (χ1n) is 9.22. The second-order valence-corrected chi connectivity index (χ2v) is 7.54. The third kappa shape index (κ3) is 4.61.